The minimum atomic E-state index is -0.876. The van der Waals surface area contributed by atoms with E-state index in [1.165, 1.54) is 18.3 Å². The molecule has 4 nitrogen and oxygen atoms in total. The molecule has 3 rings (SSSR count). The molecule has 6 heteroatoms. The fourth-order valence-electron chi connectivity index (χ4n) is 2.59. The second kappa shape index (κ2) is 6.57. The first-order chi connectivity index (χ1) is 11.5. The van der Waals surface area contributed by atoms with Crippen molar-refractivity contribution in [1.29, 1.82) is 0 Å². The van der Waals surface area contributed by atoms with Gasteiger partial charge in [-0.15, -0.1) is 0 Å². The Balaban J connectivity index is 1.90. The van der Waals surface area contributed by atoms with E-state index in [9.17, 15) is 14.0 Å². The molecule has 0 saturated heterocycles. The number of aromatic amines is 1. The number of nitrogens with one attached hydrogen (secondary N) is 2. The molecule has 24 heavy (non-hydrogen) atoms. The lowest BCUT2D eigenvalue weighted by atomic mass is 10.0. The minimum absolute atomic E-state index is 0.0364. The number of carbonyl (C=O) groups excluding carboxylic acids is 2. The lowest BCUT2D eigenvalue weighted by molar-refractivity contribution is -0.112. The van der Waals surface area contributed by atoms with Crippen LogP contribution in [0.5, 0.6) is 0 Å². The number of hydrogen-bond donors (Lipinski definition) is 2. The maximum atomic E-state index is 13.8. The van der Waals surface area contributed by atoms with Gasteiger partial charge in [-0.2, -0.15) is 0 Å². The third-order valence-corrected chi connectivity index (χ3v) is 4.31. The number of carbonyl (C=O) groups is 2. The number of amides is 1. The molecule has 1 heterocycles. The van der Waals surface area contributed by atoms with Gasteiger partial charge in [0, 0.05) is 21.6 Å². The number of aryl methyl sites for hydroxylation is 1. The first kappa shape index (κ1) is 16.4. The number of fused-ring (bicyclic) bond motifs is 1. The highest BCUT2D eigenvalue weighted by atomic mass is 79.9. The molecule has 122 valence electrons. The molecule has 0 bridgehead atoms. The van der Waals surface area contributed by atoms with Crippen LogP contribution in [0, 0.1) is 5.82 Å². The van der Waals surface area contributed by atoms with E-state index in [0.717, 1.165) is 17.5 Å². The summed E-state index contributed by atoms with van der Waals surface area (Å²) in [6.07, 6.45) is 2.32. The van der Waals surface area contributed by atoms with Gasteiger partial charge in [-0.25, -0.2) is 4.39 Å². The first-order valence-electron chi connectivity index (χ1n) is 7.41. The molecular weight excluding hydrogens is 375 g/mol. The van der Waals surface area contributed by atoms with Crippen molar-refractivity contribution in [3.63, 3.8) is 0 Å². The van der Waals surface area contributed by atoms with Crippen molar-refractivity contribution in [1.82, 2.24) is 4.98 Å². The smallest absolute Gasteiger partial charge is 0.296 e. The Bertz CT molecular complexity index is 949. The Hall–Kier alpha value is -2.47. The van der Waals surface area contributed by atoms with E-state index in [4.69, 9.17) is 0 Å². The molecule has 0 radical (unpaired) electrons. The third-order valence-electron chi connectivity index (χ3n) is 3.81. The highest BCUT2D eigenvalue weighted by Crippen LogP contribution is 2.24. The third kappa shape index (κ3) is 2.97. The maximum Gasteiger partial charge on any atom is 0.296 e. The molecule has 2 aromatic carbocycles. The van der Waals surface area contributed by atoms with E-state index < -0.39 is 17.5 Å². The van der Waals surface area contributed by atoms with Gasteiger partial charge in [-0.05, 0) is 30.2 Å². The number of para-hydroxylation sites is 1. The highest BCUT2D eigenvalue weighted by molar-refractivity contribution is 9.10. The molecule has 0 aliphatic carbocycles. The zero-order chi connectivity index (χ0) is 17.3. The molecule has 1 aromatic heterocycles. The van der Waals surface area contributed by atoms with Crippen molar-refractivity contribution >= 4 is 44.2 Å². The highest BCUT2D eigenvalue weighted by Gasteiger charge is 2.21. The number of benzene rings is 2. The van der Waals surface area contributed by atoms with Gasteiger partial charge in [0.2, 0.25) is 0 Å². The number of anilines is 1. The lowest BCUT2D eigenvalue weighted by Gasteiger charge is -2.06. The number of halogens is 2. The minimum Gasteiger partial charge on any atom is -0.360 e. The summed E-state index contributed by atoms with van der Waals surface area (Å²) < 4.78 is 14.4. The normalized spacial score (nSPS) is 10.8. The average Bonchev–Trinajstić information content (AvgIpc) is 3.00. The molecule has 0 aliphatic heterocycles. The monoisotopic (exact) mass is 388 g/mol. The van der Waals surface area contributed by atoms with Crippen LogP contribution in [0.15, 0.2) is 47.1 Å². The zero-order valence-electron chi connectivity index (χ0n) is 12.8. The van der Waals surface area contributed by atoms with Crippen LogP contribution in [0.3, 0.4) is 0 Å². The zero-order valence-corrected chi connectivity index (χ0v) is 14.4. The van der Waals surface area contributed by atoms with Gasteiger partial charge in [0.25, 0.3) is 11.7 Å². The van der Waals surface area contributed by atoms with E-state index in [-0.39, 0.29) is 11.3 Å². The summed E-state index contributed by atoms with van der Waals surface area (Å²) in [4.78, 5) is 27.7. The van der Waals surface area contributed by atoms with Crippen molar-refractivity contribution in [2.75, 3.05) is 5.32 Å². The standard InChI is InChI=1S/C18H14BrFN2O2/c1-2-10-4-3-5-12-13(9-21-16(10)12)17(23)18(24)22-15-7-6-11(19)8-14(15)20/h3-9,21H,2H2,1H3,(H,22,24). The van der Waals surface area contributed by atoms with Crippen LogP contribution in [0.4, 0.5) is 10.1 Å². The molecular formula is C18H14BrFN2O2. The summed E-state index contributed by atoms with van der Waals surface area (Å²) >= 11 is 3.14. The van der Waals surface area contributed by atoms with Crippen molar-refractivity contribution in [2.45, 2.75) is 13.3 Å². The largest absolute Gasteiger partial charge is 0.360 e. The Morgan fingerprint density at radius 3 is 2.75 bits per heavy atom. The molecule has 0 aliphatic rings. The van der Waals surface area contributed by atoms with E-state index in [2.05, 4.69) is 26.2 Å². The molecule has 2 N–H and O–H groups in total. The van der Waals surface area contributed by atoms with Gasteiger partial charge in [-0.3, -0.25) is 9.59 Å². The van der Waals surface area contributed by atoms with Gasteiger partial charge < -0.3 is 10.3 Å². The summed E-state index contributed by atoms with van der Waals surface area (Å²) in [7, 11) is 0. The Morgan fingerprint density at radius 1 is 1.25 bits per heavy atom. The lowest BCUT2D eigenvalue weighted by Crippen LogP contribution is -2.23. The molecule has 0 fully saturated rings. The van der Waals surface area contributed by atoms with E-state index in [1.54, 1.807) is 12.1 Å². The SMILES string of the molecule is CCc1cccc2c(C(=O)C(=O)Nc3ccc(Br)cc3F)c[nH]c12. The van der Waals surface area contributed by atoms with Crippen LogP contribution in [-0.4, -0.2) is 16.7 Å². The quantitative estimate of drug-likeness (QED) is 0.512. The number of rotatable bonds is 4. The molecule has 0 spiro atoms. The van der Waals surface area contributed by atoms with Gasteiger partial charge in [-0.1, -0.05) is 41.1 Å². The maximum absolute atomic E-state index is 13.8. The number of Topliss-reactive ketones (excluding diaryl/α,β-unsaturated/α-hetero) is 1. The fraction of sp³-hybridized carbons (Fsp3) is 0.111. The van der Waals surface area contributed by atoms with Gasteiger partial charge >= 0.3 is 0 Å². The van der Waals surface area contributed by atoms with Gasteiger partial charge in [0.1, 0.15) is 5.82 Å². The van der Waals surface area contributed by atoms with Crippen LogP contribution in [0.25, 0.3) is 10.9 Å². The Morgan fingerprint density at radius 2 is 2.04 bits per heavy atom. The van der Waals surface area contributed by atoms with Gasteiger partial charge in [0.05, 0.1) is 11.3 Å². The Labute approximate surface area is 146 Å². The molecule has 3 aromatic rings. The van der Waals surface area contributed by atoms with Crippen molar-refractivity contribution in [3.8, 4) is 0 Å². The topological polar surface area (TPSA) is 62.0 Å². The molecule has 0 saturated carbocycles. The van der Waals surface area contributed by atoms with Crippen LogP contribution in [0.2, 0.25) is 0 Å². The Kier molecular flexibility index (Phi) is 4.49. The van der Waals surface area contributed by atoms with Gasteiger partial charge in [0.15, 0.2) is 0 Å². The number of ketones is 1. The summed E-state index contributed by atoms with van der Waals surface area (Å²) in [5, 5.41) is 3.01. The second-order valence-electron chi connectivity index (χ2n) is 5.30. The summed E-state index contributed by atoms with van der Waals surface area (Å²) in [5.41, 5.74) is 2.14. The van der Waals surface area contributed by atoms with Crippen LogP contribution >= 0.6 is 15.9 Å². The fourth-order valence-corrected chi connectivity index (χ4v) is 2.92. The molecule has 1 amide bonds. The van der Waals surface area contributed by atoms with Crippen LogP contribution in [0.1, 0.15) is 22.8 Å². The summed E-state index contributed by atoms with van der Waals surface area (Å²) in [5.74, 6) is -2.20. The number of H-pyrrole nitrogens is 1. The second-order valence-corrected chi connectivity index (χ2v) is 6.22. The van der Waals surface area contributed by atoms with Crippen LogP contribution < -0.4 is 5.32 Å². The van der Waals surface area contributed by atoms with E-state index in [0.29, 0.717) is 9.86 Å². The average molecular weight is 389 g/mol. The number of aromatic nitrogens is 1. The first-order valence-corrected chi connectivity index (χ1v) is 8.20. The molecule has 0 atom stereocenters. The summed E-state index contributed by atoms with van der Waals surface area (Å²) in [6.45, 7) is 2.01. The van der Waals surface area contributed by atoms with Crippen molar-refractivity contribution in [3.05, 3.63) is 64.0 Å². The predicted octanol–water partition coefficient (Wildman–Crippen LogP) is 4.45. The number of hydrogen-bond acceptors (Lipinski definition) is 2. The summed E-state index contributed by atoms with van der Waals surface area (Å²) in [6, 6.07) is 9.80. The molecule has 0 unspecified atom stereocenters. The van der Waals surface area contributed by atoms with E-state index in [1.807, 2.05) is 19.1 Å². The van der Waals surface area contributed by atoms with Crippen molar-refractivity contribution < 1.29 is 14.0 Å². The van der Waals surface area contributed by atoms with Crippen molar-refractivity contribution in [2.24, 2.45) is 0 Å². The van der Waals surface area contributed by atoms with E-state index >= 15 is 0 Å². The predicted molar refractivity (Wildman–Crippen MR) is 94.7 cm³/mol. The van der Waals surface area contributed by atoms with Crippen LogP contribution in [-0.2, 0) is 11.2 Å².